The molecule has 1 heterocycles. The van der Waals surface area contributed by atoms with Crippen molar-refractivity contribution in [3.63, 3.8) is 0 Å². The lowest BCUT2D eigenvalue weighted by molar-refractivity contribution is -0.134. The number of fused-ring (bicyclic) bond motifs is 1. The second-order valence-electron chi connectivity index (χ2n) is 7.28. The van der Waals surface area contributed by atoms with Gasteiger partial charge in [-0.05, 0) is 73.7 Å². The van der Waals surface area contributed by atoms with Crippen molar-refractivity contribution in [3.8, 4) is 17.2 Å². The molecule has 0 bridgehead atoms. The summed E-state index contributed by atoms with van der Waals surface area (Å²) in [6.45, 7) is 5.23. The molecule has 0 saturated heterocycles. The number of ether oxygens (including phenoxy) is 3. The lowest BCUT2D eigenvalue weighted by Crippen LogP contribution is -2.38. The molecule has 0 aromatic heterocycles. The second-order valence-corrected chi connectivity index (χ2v) is 7.72. The summed E-state index contributed by atoms with van der Waals surface area (Å²) in [5.41, 5.74) is 3.32. The lowest BCUT2D eigenvalue weighted by atomic mass is 9.92. The number of carbonyl (C=O) groups is 1. The van der Waals surface area contributed by atoms with Crippen LogP contribution in [0.1, 0.15) is 42.5 Å². The number of amides is 1. The third-order valence-electron chi connectivity index (χ3n) is 5.43. The van der Waals surface area contributed by atoms with Crippen LogP contribution in [0.25, 0.3) is 0 Å². The molecule has 156 valence electrons. The Kier molecular flexibility index (Phi) is 6.91. The van der Waals surface area contributed by atoms with Crippen molar-refractivity contribution >= 4 is 17.5 Å². The molecular formula is C23H28ClNO4. The highest BCUT2D eigenvalue weighted by Gasteiger charge is 2.28. The fourth-order valence-electron chi connectivity index (χ4n) is 3.81. The predicted molar refractivity (Wildman–Crippen MR) is 114 cm³/mol. The Morgan fingerprint density at radius 2 is 1.86 bits per heavy atom. The highest BCUT2D eigenvalue weighted by atomic mass is 35.5. The zero-order chi connectivity index (χ0) is 21.0. The van der Waals surface area contributed by atoms with Gasteiger partial charge < -0.3 is 19.1 Å². The van der Waals surface area contributed by atoms with Gasteiger partial charge in [-0.2, -0.15) is 0 Å². The minimum Gasteiger partial charge on any atom is -0.493 e. The van der Waals surface area contributed by atoms with Crippen molar-refractivity contribution in [2.75, 3.05) is 27.4 Å². The first kappa shape index (κ1) is 21.3. The Hall–Kier alpha value is -2.40. The summed E-state index contributed by atoms with van der Waals surface area (Å²) in [6, 6.07) is 9.57. The highest BCUT2D eigenvalue weighted by molar-refractivity contribution is 6.30. The van der Waals surface area contributed by atoms with Gasteiger partial charge in [-0.3, -0.25) is 4.79 Å². The molecule has 3 rings (SSSR count). The molecule has 0 N–H and O–H groups in total. The summed E-state index contributed by atoms with van der Waals surface area (Å²) >= 11 is 5.97. The van der Waals surface area contributed by atoms with Gasteiger partial charge in [0.15, 0.2) is 11.5 Å². The zero-order valence-corrected chi connectivity index (χ0v) is 18.2. The van der Waals surface area contributed by atoms with Crippen LogP contribution in [-0.2, 0) is 11.2 Å². The van der Waals surface area contributed by atoms with Crippen molar-refractivity contribution < 1.29 is 19.0 Å². The smallest absolute Gasteiger partial charge is 0.223 e. The standard InChI is InChI=1S/C23H28ClNO4/c1-15-12-18(24)7-8-20(15)29-11-5-6-23(26)25-10-9-17-13-21(27-3)22(28-4)14-19(17)16(25)2/h7-8,12-14,16H,5-6,9-11H2,1-4H3/t16-/m1/s1. The van der Waals surface area contributed by atoms with Gasteiger partial charge >= 0.3 is 0 Å². The van der Waals surface area contributed by atoms with Crippen LogP contribution in [0.5, 0.6) is 17.2 Å². The van der Waals surface area contributed by atoms with E-state index in [1.165, 1.54) is 5.56 Å². The van der Waals surface area contributed by atoms with Gasteiger partial charge in [0.25, 0.3) is 0 Å². The van der Waals surface area contributed by atoms with Gasteiger partial charge in [-0.25, -0.2) is 0 Å². The fourth-order valence-corrected chi connectivity index (χ4v) is 4.04. The molecule has 1 aliphatic rings. The van der Waals surface area contributed by atoms with E-state index in [-0.39, 0.29) is 11.9 Å². The minimum absolute atomic E-state index is 0.00508. The predicted octanol–water partition coefficient (Wildman–Crippen LogP) is 4.97. The minimum atomic E-state index is 0.00508. The first-order valence-corrected chi connectivity index (χ1v) is 10.3. The number of hydrogen-bond donors (Lipinski definition) is 0. The van der Waals surface area contributed by atoms with Crippen molar-refractivity contribution in [1.82, 2.24) is 4.90 Å². The Labute approximate surface area is 177 Å². The third-order valence-corrected chi connectivity index (χ3v) is 5.67. The summed E-state index contributed by atoms with van der Waals surface area (Å²) < 4.78 is 16.6. The van der Waals surface area contributed by atoms with Gasteiger partial charge in [-0.15, -0.1) is 0 Å². The van der Waals surface area contributed by atoms with E-state index in [9.17, 15) is 4.79 Å². The number of benzene rings is 2. The van der Waals surface area contributed by atoms with E-state index in [0.29, 0.717) is 36.8 Å². The van der Waals surface area contributed by atoms with Crippen molar-refractivity contribution in [2.45, 2.75) is 39.2 Å². The van der Waals surface area contributed by atoms with Crippen LogP contribution in [0.4, 0.5) is 0 Å². The maximum atomic E-state index is 12.8. The number of halogens is 1. The maximum absolute atomic E-state index is 12.8. The van der Waals surface area contributed by atoms with Crippen molar-refractivity contribution in [1.29, 1.82) is 0 Å². The van der Waals surface area contributed by atoms with Crippen LogP contribution in [0, 0.1) is 6.92 Å². The van der Waals surface area contributed by atoms with E-state index in [1.807, 2.05) is 42.2 Å². The topological polar surface area (TPSA) is 48.0 Å². The average Bonchev–Trinajstić information content (AvgIpc) is 2.71. The molecule has 0 fully saturated rings. The van der Waals surface area contributed by atoms with Gasteiger partial charge in [0.05, 0.1) is 26.9 Å². The quantitative estimate of drug-likeness (QED) is 0.597. The number of aryl methyl sites for hydroxylation is 1. The monoisotopic (exact) mass is 417 g/mol. The van der Waals surface area contributed by atoms with Gasteiger partial charge in [0.2, 0.25) is 5.91 Å². The molecule has 0 radical (unpaired) electrons. The summed E-state index contributed by atoms with van der Waals surface area (Å²) in [4.78, 5) is 14.8. The SMILES string of the molecule is COc1cc2c(cc1OC)[C@@H](C)N(C(=O)CCCOc1ccc(Cl)cc1C)CC2. The van der Waals surface area contributed by atoms with Crippen molar-refractivity contribution in [3.05, 3.63) is 52.0 Å². The molecule has 1 aliphatic heterocycles. The Bertz CT molecular complexity index is 883. The van der Waals surface area contributed by atoms with Crippen LogP contribution >= 0.6 is 11.6 Å². The molecular weight excluding hydrogens is 390 g/mol. The molecule has 0 saturated carbocycles. The molecule has 2 aromatic rings. The largest absolute Gasteiger partial charge is 0.493 e. The molecule has 0 unspecified atom stereocenters. The number of nitrogens with zero attached hydrogens (tertiary/aromatic N) is 1. The lowest BCUT2D eigenvalue weighted by Gasteiger charge is -2.36. The van der Waals surface area contributed by atoms with Crippen LogP contribution in [-0.4, -0.2) is 38.2 Å². The third kappa shape index (κ3) is 4.78. The zero-order valence-electron chi connectivity index (χ0n) is 17.5. The highest BCUT2D eigenvalue weighted by Crippen LogP contribution is 2.38. The average molecular weight is 418 g/mol. The molecule has 1 amide bonds. The molecule has 0 aliphatic carbocycles. The summed E-state index contributed by atoms with van der Waals surface area (Å²) in [7, 11) is 3.27. The van der Waals surface area contributed by atoms with E-state index >= 15 is 0 Å². The van der Waals surface area contributed by atoms with E-state index < -0.39 is 0 Å². The van der Waals surface area contributed by atoms with E-state index in [0.717, 1.165) is 29.0 Å². The van der Waals surface area contributed by atoms with Crippen LogP contribution in [0.3, 0.4) is 0 Å². The Morgan fingerprint density at radius 1 is 1.14 bits per heavy atom. The van der Waals surface area contributed by atoms with Crippen LogP contribution in [0.2, 0.25) is 5.02 Å². The molecule has 5 nitrogen and oxygen atoms in total. The molecule has 6 heteroatoms. The molecule has 0 spiro atoms. The molecule has 29 heavy (non-hydrogen) atoms. The number of hydrogen-bond acceptors (Lipinski definition) is 4. The summed E-state index contributed by atoms with van der Waals surface area (Å²) in [5, 5.41) is 0.693. The first-order valence-electron chi connectivity index (χ1n) is 9.87. The Balaban J connectivity index is 1.58. The summed E-state index contributed by atoms with van der Waals surface area (Å²) in [5.74, 6) is 2.38. The van der Waals surface area contributed by atoms with Gasteiger partial charge in [-0.1, -0.05) is 11.6 Å². The molecule has 1 atom stereocenters. The second kappa shape index (κ2) is 9.40. The maximum Gasteiger partial charge on any atom is 0.223 e. The number of rotatable bonds is 7. The van der Waals surface area contributed by atoms with Crippen molar-refractivity contribution in [2.24, 2.45) is 0 Å². The molecule has 2 aromatic carbocycles. The normalized spacial score (nSPS) is 15.6. The first-order chi connectivity index (χ1) is 13.9. The van der Waals surface area contributed by atoms with Crippen LogP contribution < -0.4 is 14.2 Å². The van der Waals surface area contributed by atoms with E-state index in [1.54, 1.807) is 14.2 Å². The van der Waals surface area contributed by atoms with Gasteiger partial charge in [0.1, 0.15) is 5.75 Å². The number of methoxy groups -OCH3 is 2. The Morgan fingerprint density at radius 3 is 2.55 bits per heavy atom. The fraction of sp³-hybridized carbons (Fsp3) is 0.435. The van der Waals surface area contributed by atoms with Crippen LogP contribution in [0.15, 0.2) is 30.3 Å². The number of carbonyl (C=O) groups excluding carboxylic acids is 1. The van der Waals surface area contributed by atoms with E-state index in [4.69, 9.17) is 25.8 Å². The van der Waals surface area contributed by atoms with Gasteiger partial charge in [0, 0.05) is 18.0 Å². The summed E-state index contributed by atoms with van der Waals surface area (Å²) in [6.07, 6.45) is 1.94. The van der Waals surface area contributed by atoms with E-state index in [2.05, 4.69) is 6.92 Å².